The number of aromatic nitrogens is 6. The summed E-state index contributed by atoms with van der Waals surface area (Å²) in [5, 5.41) is 13.2. The van der Waals surface area contributed by atoms with Gasteiger partial charge in [-0.1, -0.05) is 12.1 Å². The van der Waals surface area contributed by atoms with Gasteiger partial charge in [-0.05, 0) is 30.7 Å². The zero-order valence-electron chi connectivity index (χ0n) is 15.4. The fraction of sp³-hybridized carbons (Fsp3) is 0.105. The predicted molar refractivity (Wildman–Crippen MR) is 111 cm³/mol. The van der Waals surface area contributed by atoms with Crippen LogP contribution in [0.5, 0.6) is 0 Å². The Morgan fingerprint density at radius 2 is 1.83 bits per heavy atom. The van der Waals surface area contributed by atoms with Crippen molar-refractivity contribution in [1.29, 1.82) is 0 Å². The highest BCUT2D eigenvalue weighted by atomic mass is 35.5. The molecule has 0 amide bonds. The lowest BCUT2D eigenvalue weighted by Crippen LogP contribution is -2.11. The van der Waals surface area contributed by atoms with Crippen molar-refractivity contribution in [3.63, 3.8) is 0 Å². The van der Waals surface area contributed by atoms with Gasteiger partial charge in [-0.15, -0.1) is 12.4 Å². The van der Waals surface area contributed by atoms with Gasteiger partial charge in [0.2, 0.25) is 5.95 Å². The van der Waals surface area contributed by atoms with Gasteiger partial charge in [-0.2, -0.15) is 10.1 Å². The van der Waals surface area contributed by atoms with Crippen molar-refractivity contribution in [3.8, 4) is 11.4 Å². The van der Waals surface area contributed by atoms with E-state index in [1.807, 2.05) is 13.0 Å². The fourth-order valence-corrected chi connectivity index (χ4v) is 2.64. The topological polar surface area (TPSA) is 104 Å². The van der Waals surface area contributed by atoms with Crippen LogP contribution in [-0.4, -0.2) is 30.1 Å². The summed E-state index contributed by atoms with van der Waals surface area (Å²) in [4.78, 5) is 17.3. The molecule has 0 radical (unpaired) electrons. The number of halogens is 2. The van der Waals surface area contributed by atoms with Crippen LogP contribution >= 0.6 is 12.4 Å². The zero-order valence-corrected chi connectivity index (χ0v) is 16.2. The molecule has 0 spiro atoms. The van der Waals surface area contributed by atoms with E-state index in [0.717, 1.165) is 11.3 Å². The molecule has 0 aliphatic rings. The van der Waals surface area contributed by atoms with Crippen molar-refractivity contribution < 1.29 is 4.39 Å². The average molecular weight is 413 g/mol. The number of aromatic amines is 1. The number of nitrogens with one attached hydrogen (secondary N) is 3. The third-order valence-electron chi connectivity index (χ3n) is 4.04. The third-order valence-corrected chi connectivity index (χ3v) is 4.04. The van der Waals surface area contributed by atoms with Crippen LogP contribution in [0.25, 0.3) is 11.4 Å². The van der Waals surface area contributed by atoms with Crippen LogP contribution in [0.4, 0.5) is 22.0 Å². The van der Waals surface area contributed by atoms with Crippen molar-refractivity contribution >= 4 is 30.0 Å². The monoisotopic (exact) mass is 412 g/mol. The molecular formula is C19H18ClFN8. The first-order chi connectivity index (χ1) is 13.7. The molecular weight excluding hydrogens is 395 g/mol. The Bertz CT molecular complexity index is 1040. The molecule has 0 saturated carbocycles. The molecule has 3 aromatic heterocycles. The largest absolute Gasteiger partial charge is 0.348 e. The summed E-state index contributed by atoms with van der Waals surface area (Å²) in [6.45, 7) is 1.95. The van der Waals surface area contributed by atoms with Gasteiger partial charge in [0.05, 0.1) is 23.6 Å². The highest BCUT2D eigenvalue weighted by Gasteiger charge is 2.12. The molecule has 8 nitrogen and oxygen atoms in total. The van der Waals surface area contributed by atoms with E-state index in [1.165, 1.54) is 12.1 Å². The van der Waals surface area contributed by atoms with E-state index in [2.05, 4.69) is 40.8 Å². The molecule has 0 aliphatic heterocycles. The van der Waals surface area contributed by atoms with Gasteiger partial charge in [-0.3, -0.25) is 10.1 Å². The minimum atomic E-state index is -0.274. The molecule has 1 unspecified atom stereocenters. The van der Waals surface area contributed by atoms with Crippen LogP contribution in [0.1, 0.15) is 18.5 Å². The number of rotatable bonds is 6. The number of anilines is 3. The normalized spacial score (nSPS) is 11.4. The van der Waals surface area contributed by atoms with E-state index >= 15 is 0 Å². The van der Waals surface area contributed by atoms with Crippen LogP contribution in [0.15, 0.2) is 61.2 Å². The van der Waals surface area contributed by atoms with Gasteiger partial charge >= 0.3 is 0 Å². The lowest BCUT2D eigenvalue weighted by molar-refractivity contribution is 0.626. The van der Waals surface area contributed by atoms with Crippen LogP contribution in [0, 0.1) is 5.82 Å². The number of H-pyrrole nitrogens is 1. The quantitative estimate of drug-likeness (QED) is 0.437. The maximum atomic E-state index is 13.2. The molecule has 148 valence electrons. The Morgan fingerprint density at radius 1 is 1.00 bits per heavy atom. The second kappa shape index (κ2) is 9.07. The van der Waals surface area contributed by atoms with Gasteiger partial charge in [0.15, 0.2) is 0 Å². The van der Waals surface area contributed by atoms with Gasteiger partial charge in [0, 0.05) is 24.7 Å². The SMILES string of the molecule is CC(Nc1nc(Nc2cnccn2)cc(-c2ccn[nH]2)n1)c1ccc(F)cc1.Cl. The molecule has 0 saturated heterocycles. The molecule has 1 aromatic carbocycles. The van der Waals surface area contributed by atoms with Crippen molar-refractivity contribution in [2.24, 2.45) is 0 Å². The summed E-state index contributed by atoms with van der Waals surface area (Å²) < 4.78 is 13.2. The van der Waals surface area contributed by atoms with E-state index in [1.54, 1.807) is 43.0 Å². The highest BCUT2D eigenvalue weighted by Crippen LogP contribution is 2.24. The molecule has 3 N–H and O–H groups in total. The Hall–Kier alpha value is -3.59. The van der Waals surface area contributed by atoms with Crippen LogP contribution in [0.3, 0.4) is 0 Å². The van der Waals surface area contributed by atoms with E-state index in [9.17, 15) is 4.39 Å². The van der Waals surface area contributed by atoms with Crippen molar-refractivity contribution in [1.82, 2.24) is 30.1 Å². The molecule has 4 aromatic rings. The fourth-order valence-electron chi connectivity index (χ4n) is 2.64. The zero-order chi connectivity index (χ0) is 19.3. The number of hydrogen-bond acceptors (Lipinski definition) is 7. The lowest BCUT2D eigenvalue weighted by Gasteiger charge is -2.16. The minimum Gasteiger partial charge on any atom is -0.348 e. The lowest BCUT2D eigenvalue weighted by atomic mass is 10.1. The third kappa shape index (κ3) is 5.02. The van der Waals surface area contributed by atoms with Crippen LogP contribution < -0.4 is 10.6 Å². The van der Waals surface area contributed by atoms with E-state index in [4.69, 9.17) is 0 Å². The number of hydrogen-bond donors (Lipinski definition) is 3. The minimum absolute atomic E-state index is 0. The van der Waals surface area contributed by atoms with E-state index < -0.39 is 0 Å². The summed E-state index contributed by atoms with van der Waals surface area (Å²) in [5.41, 5.74) is 2.33. The Balaban J connectivity index is 0.00000240. The first kappa shape index (κ1) is 20.2. The van der Waals surface area contributed by atoms with E-state index in [-0.39, 0.29) is 24.3 Å². The summed E-state index contributed by atoms with van der Waals surface area (Å²) in [5.74, 6) is 1.25. The number of benzene rings is 1. The second-order valence-corrected chi connectivity index (χ2v) is 6.07. The van der Waals surface area contributed by atoms with Crippen molar-refractivity contribution in [2.45, 2.75) is 13.0 Å². The smallest absolute Gasteiger partial charge is 0.225 e. The van der Waals surface area contributed by atoms with Gasteiger partial charge in [-0.25, -0.2) is 14.4 Å². The highest BCUT2D eigenvalue weighted by molar-refractivity contribution is 5.85. The summed E-state index contributed by atoms with van der Waals surface area (Å²) >= 11 is 0. The molecule has 4 rings (SSSR count). The number of nitrogens with zero attached hydrogens (tertiary/aromatic N) is 5. The summed E-state index contributed by atoms with van der Waals surface area (Å²) in [6.07, 6.45) is 6.45. The van der Waals surface area contributed by atoms with Gasteiger partial charge in [0.1, 0.15) is 17.5 Å². The second-order valence-electron chi connectivity index (χ2n) is 6.07. The summed E-state index contributed by atoms with van der Waals surface area (Å²) in [7, 11) is 0. The molecule has 29 heavy (non-hydrogen) atoms. The van der Waals surface area contributed by atoms with E-state index in [0.29, 0.717) is 23.3 Å². The molecule has 0 aliphatic carbocycles. The molecule has 1 atom stereocenters. The first-order valence-electron chi connectivity index (χ1n) is 8.61. The Kier molecular flexibility index (Phi) is 6.30. The maximum Gasteiger partial charge on any atom is 0.225 e. The van der Waals surface area contributed by atoms with Crippen LogP contribution in [-0.2, 0) is 0 Å². The van der Waals surface area contributed by atoms with Gasteiger partial charge in [0.25, 0.3) is 0 Å². The predicted octanol–water partition coefficient (Wildman–Crippen LogP) is 4.13. The average Bonchev–Trinajstić information content (AvgIpc) is 3.24. The Morgan fingerprint density at radius 3 is 2.52 bits per heavy atom. The molecule has 10 heteroatoms. The van der Waals surface area contributed by atoms with Crippen molar-refractivity contribution in [3.05, 3.63) is 72.6 Å². The standard InChI is InChI=1S/C19H17FN8.ClH/c1-12(13-2-4-14(20)5-3-13)24-19-25-16(15-6-7-23-28-15)10-17(27-19)26-18-11-21-8-9-22-18;/h2-12H,1H3,(H,23,28)(H2,22,24,25,26,27);1H. The maximum absolute atomic E-state index is 13.2. The molecule has 3 heterocycles. The molecule has 0 bridgehead atoms. The first-order valence-corrected chi connectivity index (χ1v) is 8.61. The summed E-state index contributed by atoms with van der Waals surface area (Å²) in [6, 6.07) is 9.79. The van der Waals surface area contributed by atoms with Crippen molar-refractivity contribution in [2.75, 3.05) is 10.6 Å². The van der Waals surface area contributed by atoms with Crippen LogP contribution in [0.2, 0.25) is 0 Å². The molecule has 0 fully saturated rings. The Labute approximate surface area is 172 Å². The van der Waals surface area contributed by atoms with Gasteiger partial charge < -0.3 is 10.6 Å².